The SMILES string of the molecule is COC1=CC[C@@H]2[C@@H]3C[C@H]([C@H]12)[C@@H](Cl)C3. The summed E-state index contributed by atoms with van der Waals surface area (Å²) in [6, 6.07) is 0. The lowest BCUT2D eigenvalue weighted by Crippen LogP contribution is -2.27. The zero-order valence-corrected chi connectivity index (χ0v) is 8.63. The molecule has 0 aromatic heterocycles. The molecule has 0 aromatic carbocycles. The van der Waals surface area contributed by atoms with Gasteiger partial charge in [0.15, 0.2) is 0 Å². The average molecular weight is 199 g/mol. The standard InChI is InChI=1S/C11H15ClO/c1-13-10-3-2-7-6-4-8(11(7)10)9(12)5-6/h3,6-9,11H,2,4-5H2,1H3/t6-,7-,8+,9+,11-/m1/s1. The van der Waals surface area contributed by atoms with E-state index in [1.165, 1.54) is 25.0 Å². The maximum atomic E-state index is 6.31. The van der Waals surface area contributed by atoms with E-state index in [0.29, 0.717) is 17.2 Å². The molecule has 3 aliphatic rings. The molecule has 0 aromatic rings. The van der Waals surface area contributed by atoms with Crippen molar-refractivity contribution in [2.24, 2.45) is 23.7 Å². The first-order valence-electron chi connectivity index (χ1n) is 5.19. The van der Waals surface area contributed by atoms with Gasteiger partial charge in [-0.2, -0.15) is 0 Å². The fourth-order valence-corrected chi connectivity index (χ4v) is 4.25. The molecule has 13 heavy (non-hydrogen) atoms. The second-order valence-corrected chi connectivity index (χ2v) is 5.21. The van der Waals surface area contributed by atoms with E-state index in [1.54, 1.807) is 7.11 Å². The van der Waals surface area contributed by atoms with Crippen molar-refractivity contribution in [3.8, 4) is 0 Å². The highest BCUT2D eigenvalue weighted by molar-refractivity contribution is 6.21. The first kappa shape index (κ1) is 8.16. The fraction of sp³-hybridized carbons (Fsp3) is 0.818. The normalized spacial score (nSPS) is 52.2. The number of hydrogen-bond acceptors (Lipinski definition) is 1. The van der Waals surface area contributed by atoms with E-state index < -0.39 is 0 Å². The van der Waals surface area contributed by atoms with Crippen LogP contribution in [0, 0.1) is 23.7 Å². The summed E-state index contributed by atoms with van der Waals surface area (Å²) < 4.78 is 5.43. The van der Waals surface area contributed by atoms with E-state index in [4.69, 9.17) is 16.3 Å². The third-order valence-corrected chi connectivity index (χ3v) is 4.75. The van der Waals surface area contributed by atoms with Gasteiger partial charge in [0.25, 0.3) is 0 Å². The van der Waals surface area contributed by atoms with Crippen molar-refractivity contribution >= 4 is 11.6 Å². The van der Waals surface area contributed by atoms with Crippen LogP contribution in [0.5, 0.6) is 0 Å². The van der Waals surface area contributed by atoms with E-state index >= 15 is 0 Å². The van der Waals surface area contributed by atoms with Crippen LogP contribution >= 0.6 is 11.6 Å². The summed E-state index contributed by atoms with van der Waals surface area (Å²) in [5.41, 5.74) is 0. The van der Waals surface area contributed by atoms with Gasteiger partial charge >= 0.3 is 0 Å². The Morgan fingerprint density at radius 2 is 2.23 bits per heavy atom. The van der Waals surface area contributed by atoms with Crippen LogP contribution < -0.4 is 0 Å². The predicted octanol–water partition coefficient (Wildman–Crippen LogP) is 2.80. The molecule has 0 spiro atoms. The Bertz CT molecular complexity index is 261. The number of hydrogen-bond donors (Lipinski definition) is 0. The van der Waals surface area contributed by atoms with Gasteiger partial charge in [-0.3, -0.25) is 0 Å². The maximum Gasteiger partial charge on any atom is 0.0952 e. The van der Waals surface area contributed by atoms with Crippen molar-refractivity contribution in [2.45, 2.75) is 24.6 Å². The third kappa shape index (κ3) is 0.942. The van der Waals surface area contributed by atoms with Crippen LogP contribution in [0.1, 0.15) is 19.3 Å². The molecule has 72 valence electrons. The first-order valence-corrected chi connectivity index (χ1v) is 5.63. The van der Waals surface area contributed by atoms with Gasteiger partial charge in [0.1, 0.15) is 0 Å². The smallest absolute Gasteiger partial charge is 0.0952 e. The number of methoxy groups -OCH3 is 1. The molecule has 0 saturated heterocycles. The Morgan fingerprint density at radius 3 is 3.00 bits per heavy atom. The second-order valence-electron chi connectivity index (χ2n) is 4.65. The highest BCUT2D eigenvalue weighted by Gasteiger charge is 2.55. The summed E-state index contributed by atoms with van der Waals surface area (Å²) in [6.45, 7) is 0. The van der Waals surface area contributed by atoms with E-state index in [9.17, 15) is 0 Å². The third-order valence-electron chi connectivity index (χ3n) is 4.25. The molecule has 2 fully saturated rings. The summed E-state index contributed by atoms with van der Waals surface area (Å²) in [5, 5.41) is 0.419. The number of ether oxygens (including phenoxy) is 1. The quantitative estimate of drug-likeness (QED) is 0.589. The largest absolute Gasteiger partial charge is 0.501 e. The zero-order chi connectivity index (χ0) is 9.00. The van der Waals surface area contributed by atoms with Gasteiger partial charge in [0, 0.05) is 11.3 Å². The summed E-state index contributed by atoms with van der Waals surface area (Å²) in [4.78, 5) is 0. The minimum atomic E-state index is 0.419. The minimum Gasteiger partial charge on any atom is -0.501 e. The van der Waals surface area contributed by atoms with Crippen molar-refractivity contribution in [3.05, 3.63) is 11.8 Å². The lowest BCUT2D eigenvalue weighted by molar-refractivity contribution is 0.182. The van der Waals surface area contributed by atoms with E-state index in [1.807, 2.05) is 0 Å². The predicted molar refractivity (Wildman–Crippen MR) is 52.5 cm³/mol. The first-order chi connectivity index (χ1) is 6.31. The van der Waals surface area contributed by atoms with Gasteiger partial charge < -0.3 is 4.74 Å². The molecule has 0 aliphatic heterocycles. The zero-order valence-electron chi connectivity index (χ0n) is 7.87. The Kier molecular flexibility index (Phi) is 1.67. The Labute approximate surface area is 84.1 Å². The molecular formula is C11H15ClO. The molecule has 3 rings (SSSR count). The topological polar surface area (TPSA) is 9.23 Å². The van der Waals surface area contributed by atoms with E-state index in [0.717, 1.165) is 11.8 Å². The summed E-state index contributed by atoms with van der Waals surface area (Å²) in [7, 11) is 1.80. The fourth-order valence-electron chi connectivity index (χ4n) is 3.76. The second kappa shape index (κ2) is 2.66. The molecule has 2 bridgehead atoms. The number of alkyl halides is 1. The molecule has 1 nitrogen and oxygen atoms in total. The molecule has 2 heteroatoms. The average Bonchev–Trinajstić information content (AvgIpc) is 2.71. The Balaban J connectivity index is 1.90. The van der Waals surface area contributed by atoms with Crippen molar-refractivity contribution in [1.82, 2.24) is 0 Å². The van der Waals surface area contributed by atoms with E-state index in [2.05, 4.69) is 6.08 Å². The van der Waals surface area contributed by atoms with E-state index in [-0.39, 0.29) is 0 Å². The number of rotatable bonds is 1. The highest BCUT2D eigenvalue weighted by Crippen LogP contribution is 2.60. The lowest BCUT2D eigenvalue weighted by atomic mass is 9.80. The van der Waals surface area contributed by atoms with Crippen molar-refractivity contribution in [1.29, 1.82) is 0 Å². The van der Waals surface area contributed by atoms with Crippen LogP contribution in [-0.2, 0) is 4.74 Å². The monoisotopic (exact) mass is 198 g/mol. The lowest BCUT2D eigenvalue weighted by Gasteiger charge is -2.29. The Morgan fingerprint density at radius 1 is 1.38 bits per heavy atom. The van der Waals surface area contributed by atoms with Gasteiger partial charge in [-0.1, -0.05) is 0 Å². The molecule has 0 unspecified atom stereocenters. The molecule has 0 N–H and O–H groups in total. The maximum absolute atomic E-state index is 6.31. The molecule has 3 aliphatic carbocycles. The summed E-state index contributed by atoms with van der Waals surface area (Å²) in [6.07, 6.45) is 6.12. The van der Waals surface area contributed by atoms with Crippen LogP contribution in [0.2, 0.25) is 0 Å². The van der Waals surface area contributed by atoms with Crippen LogP contribution in [0.15, 0.2) is 11.8 Å². The van der Waals surface area contributed by atoms with Crippen LogP contribution in [0.3, 0.4) is 0 Å². The Hall–Kier alpha value is -0.170. The van der Waals surface area contributed by atoms with Crippen LogP contribution in [0.4, 0.5) is 0 Å². The molecule has 0 heterocycles. The molecule has 2 saturated carbocycles. The molecule has 5 atom stereocenters. The molecule has 0 radical (unpaired) electrons. The van der Waals surface area contributed by atoms with Gasteiger partial charge in [-0.25, -0.2) is 0 Å². The number of allylic oxidation sites excluding steroid dienone is 2. The highest BCUT2D eigenvalue weighted by atomic mass is 35.5. The van der Waals surface area contributed by atoms with Gasteiger partial charge in [0.2, 0.25) is 0 Å². The van der Waals surface area contributed by atoms with Crippen LogP contribution in [-0.4, -0.2) is 12.5 Å². The number of fused-ring (bicyclic) bond motifs is 5. The number of halogens is 1. The summed E-state index contributed by atoms with van der Waals surface area (Å²) in [5.74, 6) is 4.37. The molecular weight excluding hydrogens is 184 g/mol. The van der Waals surface area contributed by atoms with Crippen molar-refractivity contribution in [3.63, 3.8) is 0 Å². The van der Waals surface area contributed by atoms with Gasteiger partial charge in [0.05, 0.1) is 12.9 Å². The van der Waals surface area contributed by atoms with Crippen molar-refractivity contribution in [2.75, 3.05) is 7.11 Å². The van der Waals surface area contributed by atoms with Gasteiger partial charge in [-0.05, 0) is 43.1 Å². The van der Waals surface area contributed by atoms with Gasteiger partial charge in [-0.15, -0.1) is 11.6 Å². The summed E-state index contributed by atoms with van der Waals surface area (Å²) >= 11 is 6.31. The van der Waals surface area contributed by atoms with Crippen LogP contribution in [0.25, 0.3) is 0 Å². The minimum absolute atomic E-state index is 0.419. The van der Waals surface area contributed by atoms with Crippen molar-refractivity contribution < 1.29 is 4.74 Å². The molecule has 0 amide bonds.